The van der Waals surface area contributed by atoms with Crippen LogP contribution in [0.5, 0.6) is 11.8 Å². The van der Waals surface area contributed by atoms with Crippen LogP contribution in [0.1, 0.15) is 62.6 Å². The number of aromatic nitrogens is 2. The maximum atomic E-state index is 10.7. The Balaban J connectivity index is 1.06. The van der Waals surface area contributed by atoms with Crippen molar-refractivity contribution in [1.82, 2.24) is 20.2 Å². The summed E-state index contributed by atoms with van der Waals surface area (Å²) >= 11 is 2.42. The van der Waals surface area contributed by atoms with Gasteiger partial charge in [-0.2, -0.15) is 9.97 Å². The van der Waals surface area contributed by atoms with Gasteiger partial charge in [-0.05, 0) is 104 Å². The molecular formula is C34H41IN6O2. The summed E-state index contributed by atoms with van der Waals surface area (Å²) in [5.74, 6) is 2.24. The van der Waals surface area contributed by atoms with Crippen LogP contribution in [0.4, 0.5) is 11.5 Å². The van der Waals surface area contributed by atoms with Gasteiger partial charge in [0.1, 0.15) is 18.2 Å². The highest BCUT2D eigenvalue weighted by Crippen LogP contribution is 2.51. The van der Waals surface area contributed by atoms with Crippen molar-refractivity contribution in [1.29, 1.82) is 0 Å². The molecule has 2 aromatic carbocycles. The van der Waals surface area contributed by atoms with Crippen molar-refractivity contribution in [2.24, 2.45) is 5.92 Å². The Labute approximate surface area is 267 Å². The van der Waals surface area contributed by atoms with Gasteiger partial charge in [-0.3, -0.25) is 4.90 Å². The highest BCUT2D eigenvalue weighted by Gasteiger charge is 2.55. The molecule has 9 rings (SSSR count). The lowest BCUT2D eigenvalue weighted by Gasteiger charge is -2.38. The van der Waals surface area contributed by atoms with Gasteiger partial charge in [0.15, 0.2) is 0 Å². The second-order valence-corrected chi connectivity index (χ2v) is 15.2. The van der Waals surface area contributed by atoms with Crippen LogP contribution in [0.15, 0.2) is 30.3 Å². The van der Waals surface area contributed by atoms with E-state index in [1.807, 2.05) is 12.1 Å². The normalized spacial score (nSPS) is 31.5. The van der Waals surface area contributed by atoms with E-state index in [4.69, 9.17) is 14.7 Å². The molecule has 1 saturated carbocycles. The first-order valence-corrected chi connectivity index (χ1v) is 17.6. The van der Waals surface area contributed by atoms with Crippen molar-refractivity contribution < 1.29 is 9.84 Å². The highest BCUT2D eigenvalue weighted by molar-refractivity contribution is 14.1. The van der Waals surface area contributed by atoms with E-state index in [9.17, 15) is 5.11 Å². The summed E-state index contributed by atoms with van der Waals surface area (Å²) in [6.45, 7) is 5.47. The first-order valence-electron chi connectivity index (χ1n) is 16.5. The average Bonchev–Trinajstić information content (AvgIpc) is 3.76. The minimum atomic E-state index is 0.159. The van der Waals surface area contributed by atoms with Crippen LogP contribution in [0.2, 0.25) is 0 Å². The summed E-state index contributed by atoms with van der Waals surface area (Å²) in [5, 5.41) is 16.7. The zero-order valence-electron chi connectivity index (χ0n) is 24.8. The molecule has 6 aliphatic rings. The molecule has 226 valence electrons. The first-order chi connectivity index (χ1) is 21.0. The maximum absolute atomic E-state index is 10.7. The lowest BCUT2D eigenvalue weighted by atomic mass is 9.90. The topological polar surface area (TPSA) is 77.0 Å². The molecule has 9 heteroatoms. The number of nitrogens with zero attached hydrogens (tertiary/aromatic N) is 5. The molecule has 1 aromatic heterocycles. The van der Waals surface area contributed by atoms with Crippen molar-refractivity contribution in [2.75, 3.05) is 42.6 Å². The molecule has 2 bridgehead atoms. The third-order valence-electron chi connectivity index (χ3n) is 11.6. The molecule has 0 spiro atoms. The van der Waals surface area contributed by atoms with E-state index >= 15 is 0 Å². The molecule has 43 heavy (non-hydrogen) atoms. The lowest BCUT2D eigenvalue weighted by Crippen LogP contribution is -2.52. The summed E-state index contributed by atoms with van der Waals surface area (Å²) in [7, 11) is 0. The van der Waals surface area contributed by atoms with Crippen molar-refractivity contribution in [3.8, 4) is 11.8 Å². The average molecular weight is 693 g/mol. The number of ether oxygens (including phenoxy) is 1. The molecule has 6 heterocycles. The summed E-state index contributed by atoms with van der Waals surface area (Å²) in [6.07, 6.45) is 11.3. The molecule has 4 saturated heterocycles. The fourth-order valence-corrected chi connectivity index (χ4v) is 10.5. The van der Waals surface area contributed by atoms with Crippen LogP contribution in [-0.2, 0) is 13.0 Å². The van der Waals surface area contributed by atoms with Gasteiger partial charge in [-0.15, -0.1) is 0 Å². The van der Waals surface area contributed by atoms with Gasteiger partial charge in [0.25, 0.3) is 0 Å². The minimum Gasteiger partial charge on any atom is -0.508 e. The number of nitrogens with one attached hydrogen (secondary N) is 1. The van der Waals surface area contributed by atoms with E-state index in [2.05, 4.69) is 60.8 Å². The molecule has 8 nitrogen and oxygen atoms in total. The molecule has 3 aromatic rings. The van der Waals surface area contributed by atoms with E-state index in [0.717, 1.165) is 60.6 Å². The Hall–Kier alpha value is -2.37. The second-order valence-electron chi connectivity index (χ2n) is 14.0. The zero-order chi connectivity index (χ0) is 28.7. The van der Waals surface area contributed by atoms with Gasteiger partial charge in [-0.25, -0.2) is 0 Å². The SMILES string of the molecule is Oc1cc(N2CCc3c(nc(OC[C@@]45CCCN4[C@@H]4CCC[C@@H]4C5)nc3N3CC4CCC(C3)N4)C2)c2c(I)cccc2c1. The largest absolute Gasteiger partial charge is 0.508 e. The fraction of sp³-hybridized carbons (Fsp3) is 0.588. The Morgan fingerprint density at radius 2 is 1.91 bits per heavy atom. The number of hydrogen-bond donors (Lipinski definition) is 2. The van der Waals surface area contributed by atoms with Crippen LogP contribution in [0, 0.1) is 9.49 Å². The van der Waals surface area contributed by atoms with Gasteiger partial charge in [-0.1, -0.05) is 18.6 Å². The third-order valence-corrected chi connectivity index (χ3v) is 12.5. The number of piperazine rings is 1. The molecule has 2 unspecified atom stereocenters. The molecule has 5 atom stereocenters. The summed E-state index contributed by atoms with van der Waals surface area (Å²) < 4.78 is 7.91. The van der Waals surface area contributed by atoms with E-state index in [1.54, 1.807) is 0 Å². The van der Waals surface area contributed by atoms with Gasteiger partial charge >= 0.3 is 6.01 Å². The minimum absolute atomic E-state index is 0.159. The molecular weight excluding hydrogens is 651 g/mol. The second kappa shape index (κ2) is 10.3. The van der Waals surface area contributed by atoms with Gasteiger partial charge in [0, 0.05) is 64.0 Å². The van der Waals surface area contributed by atoms with Gasteiger partial charge < -0.3 is 25.0 Å². The zero-order valence-corrected chi connectivity index (χ0v) is 26.9. The van der Waals surface area contributed by atoms with Crippen LogP contribution in [0.25, 0.3) is 10.8 Å². The summed E-state index contributed by atoms with van der Waals surface area (Å²) in [4.78, 5) is 18.1. The van der Waals surface area contributed by atoms with Crippen LogP contribution >= 0.6 is 22.6 Å². The smallest absolute Gasteiger partial charge is 0.318 e. The predicted molar refractivity (Wildman–Crippen MR) is 177 cm³/mol. The lowest BCUT2D eigenvalue weighted by molar-refractivity contribution is 0.0829. The number of rotatable bonds is 5. The third kappa shape index (κ3) is 4.50. The predicted octanol–water partition coefficient (Wildman–Crippen LogP) is 5.23. The Bertz CT molecular complexity index is 1570. The highest BCUT2D eigenvalue weighted by atomic mass is 127. The Morgan fingerprint density at radius 3 is 2.79 bits per heavy atom. The fourth-order valence-electron chi connectivity index (χ4n) is 9.75. The number of benzene rings is 2. The molecule has 5 aliphatic heterocycles. The molecule has 0 amide bonds. The van der Waals surface area contributed by atoms with Crippen molar-refractivity contribution in [3.05, 3.63) is 45.2 Å². The van der Waals surface area contributed by atoms with Crippen LogP contribution in [0.3, 0.4) is 0 Å². The Morgan fingerprint density at radius 1 is 1.02 bits per heavy atom. The van der Waals surface area contributed by atoms with E-state index in [-0.39, 0.29) is 5.54 Å². The Kier molecular flexibility index (Phi) is 6.49. The van der Waals surface area contributed by atoms with Crippen molar-refractivity contribution in [2.45, 2.75) is 88.0 Å². The van der Waals surface area contributed by atoms with Crippen molar-refractivity contribution in [3.63, 3.8) is 0 Å². The molecule has 2 N–H and O–H groups in total. The maximum Gasteiger partial charge on any atom is 0.318 e. The number of phenols is 1. The van der Waals surface area contributed by atoms with Crippen LogP contribution < -0.4 is 19.9 Å². The summed E-state index contributed by atoms with van der Waals surface area (Å²) in [5.41, 5.74) is 3.59. The van der Waals surface area contributed by atoms with E-state index < -0.39 is 0 Å². The monoisotopic (exact) mass is 692 g/mol. The number of phenolic OH excluding ortho intramolecular Hbond substituents is 1. The number of halogens is 1. The number of anilines is 2. The van der Waals surface area contributed by atoms with Gasteiger partial charge in [0.2, 0.25) is 0 Å². The molecule has 1 aliphatic carbocycles. The van der Waals surface area contributed by atoms with Crippen LogP contribution in [-0.4, -0.2) is 76.4 Å². The summed E-state index contributed by atoms with van der Waals surface area (Å²) in [6, 6.07) is 12.5. The van der Waals surface area contributed by atoms with E-state index in [0.29, 0.717) is 37.0 Å². The van der Waals surface area contributed by atoms with Gasteiger partial charge in [0.05, 0.1) is 17.8 Å². The first kappa shape index (κ1) is 27.0. The molecule has 0 radical (unpaired) electrons. The molecule has 5 fully saturated rings. The quantitative estimate of drug-likeness (QED) is 0.353. The number of aromatic hydroxyl groups is 1. The standard InChI is InChI=1S/C34H41IN6O2/c35-27-6-1-4-21-14-25(42)15-30(31(21)27)39-13-10-26-28(19-39)37-33(38-32(26)40-17-23-8-9-24(18-40)36-23)43-20-34-11-3-12-41(34)29-7-2-5-22(29)16-34/h1,4,6,14-15,22-24,29,36,42H,2-3,5,7-13,16-20H2/t22-,23?,24?,29-,34+/m1/s1. The van der Waals surface area contributed by atoms with E-state index in [1.165, 1.54) is 72.4 Å². The van der Waals surface area contributed by atoms with Crippen molar-refractivity contribution >= 4 is 44.9 Å². The number of fused-ring (bicyclic) bond motifs is 7. The number of hydrogen-bond acceptors (Lipinski definition) is 8.